The molecule has 0 aromatic carbocycles. The highest BCUT2D eigenvalue weighted by Crippen LogP contribution is 2.24. The molecular weight excluding hydrogens is 355 g/mol. The fourth-order valence-corrected chi connectivity index (χ4v) is 3.47. The molecule has 0 spiro atoms. The topological polar surface area (TPSA) is 62.5 Å². The summed E-state index contributed by atoms with van der Waals surface area (Å²) in [5.41, 5.74) is 6.00. The minimum absolute atomic E-state index is 0. The Hall–Kier alpha value is -0.560. The first-order chi connectivity index (χ1) is 10.0. The first kappa shape index (κ1) is 22.4. The summed E-state index contributed by atoms with van der Waals surface area (Å²) in [5.74, 6) is 0.546. The largest absolute Gasteiger partial charge is 0.345 e. The summed E-state index contributed by atoms with van der Waals surface area (Å²) in [6.45, 7) is 9.51. The van der Waals surface area contributed by atoms with Gasteiger partial charge in [-0.3, -0.25) is 4.79 Å². The molecule has 8 heteroatoms. The van der Waals surface area contributed by atoms with Gasteiger partial charge in [0.15, 0.2) is 5.13 Å². The summed E-state index contributed by atoms with van der Waals surface area (Å²) >= 11 is 1.75. The second-order valence-electron chi connectivity index (χ2n) is 6.01. The maximum atomic E-state index is 12.3. The van der Waals surface area contributed by atoms with Gasteiger partial charge in [-0.25, -0.2) is 4.98 Å². The van der Waals surface area contributed by atoms with Crippen molar-refractivity contribution in [1.29, 1.82) is 0 Å². The number of anilines is 1. The minimum Gasteiger partial charge on any atom is -0.345 e. The van der Waals surface area contributed by atoms with Crippen molar-refractivity contribution in [3.05, 3.63) is 11.1 Å². The van der Waals surface area contributed by atoms with Crippen LogP contribution in [0.4, 0.5) is 5.13 Å². The Morgan fingerprint density at radius 3 is 2.39 bits per heavy atom. The van der Waals surface area contributed by atoms with E-state index in [9.17, 15) is 4.79 Å². The summed E-state index contributed by atoms with van der Waals surface area (Å²) in [6.07, 6.45) is 3.74. The Bertz CT molecular complexity index is 476. The van der Waals surface area contributed by atoms with Gasteiger partial charge in [-0.05, 0) is 18.8 Å². The van der Waals surface area contributed by atoms with E-state index in [1.807, 2.05) is 11.1 Å². The minimum atomic E-state index is -0.358. The van der Waals surface area contributed by atoms with Crippen LogP contribution in [0.15, 0.2) is 6.20 Å². The first-order valence-electron chi connectivity index (χ1n) is 7.75. The van der Waals surface area contributed by atoms with E-state index in [1.165, 1.54) is 4.88 Å². The molecule has 0 unspecified atom stereocenters. The van der Waals surface area contributed by atoms with Gasteiger partial charge in [0.25, 0.3) is 0 Å². The molecule has 0 saturated carbocycles. The molecule has 1 aromatic heterocycles. The highest BCUT2D eigenvalue weighted by Gasteiger charge is 2.26. The lowest BCUT2D eigenvalue weighted by atomic mass is 10.0. The number of halogens is 2. The van der Waals surface area contributed by atoms with Crippen molar-refractivity contribution in [1.82, 2.24) is 9.88 Å². The molecule has 23 heavy (non-hydrogen) atoms. The van der Waals surface area contributed by atoms with Crippen LogP contribution in [0.1, 0.15) is 32.1 Å². The van der Waals surface area contributed by atoms with Crippen LogP contribution in [0.5, 0.6) is 0 Å². The number of hydrogen-bond acceptors (Lipinski definition) is 5. The number of piperazine rings is 1. The Morgan fingerprint density at radius 1 is 1.30 bits per heavy atom. The molecular formula is C15H28Cl2N4OS. The van der Waals surface area contributed by atoms with Crippen LogP contribution < -0.4 is 10.6 Å². The van der Waals surface area contributed by atoms with Crippen molar-refractivity contribution in [2.75, 3.05) is 31.1 Å². The zero-order chi connectivity index (χ0) is 15.4. The summed E-state index contributed by atoms with van der Waals surface area (Å²) in [4.78, 5) is 22.2. The van der Waals surface area contributed by atoms with E-state index in [4.69, 9.17) is 5.73 Å². The molecule has 5 nitrogen and oxygen atoms in total. The number of nitrogens with two attached hydrogens (primary N) is 1. The highest BCUT2D eigenvalue weighted by atomic mass is 35.5. The average molecular weight is 383 g/mol. The van der Waals surface area contributed by atoms with Gasteiger partial charge in [0, 0.05) is 37.3 Å². The number of carbonyl (C=O) groups excluding carboxylic acids is 1. The van der Waals surface area contributed by atoms with Gasteiger partial charge in [0.1, 0.15) is 0 Å². The van der Waals surface area contributed by atoms with E-state index in [0.29, 0.717) is 5.92 Å². The number of rotatable bonds is 5. The Morgan fingerprint density at radius 2 is 1.91 bits per heavy atom. The van der Waals surface area contributed by atoms with Gasteiger partial charge in [0.2, 0.25) is 5.91 Å². The predicted molar refractivity (Wildman–Crippen MR) is 102 cm³/mol. The molecule has 1 saturated heterocycles. The van der Waals surface area contributed by atoms with Crippen LogP contribution in [0.2, 0.25) is 0 Å². The molecule has 0 bridgehead atoms. The van der Waals surface area contributed by atoms with E-state index in [-0.39, 0.29) is 36.8 Å². The fraction of sp³-hybridized carbons (Fsp3) is 0.733. The van der Waals surface area contributed by atoms with E-state index in [0.717, 1.165) is 44.2 Å². The number of nitrogens with zero attached hydrogens (tertiary/aromatic N) is 3. The first-order valence-corrected chi connectivity index (χ1v) is 8.57. The Balaban J connectivity index is 0.00000242. The molecule has 1 amide bonds. The van der Waals surface area contributed by atoms with E-state index in [1.54, 1.807) is 11.3 Å². The third kappa shape index (κ3) is 6.10. The van der Waals surface area contributed by atoms with Crippen LogP contribution >= 0.6 is 36.2 Å². The summed E-state index contributed by atoms with van der Waals surface area (Å²) in [6, 6.07) is -0.358. The lowest BCUT2D eigenvalue weighted by molar-refractivity contribution is -0.133. The van der Waals surface area contributed by atoms with Crippen LogP contribution in [0.25, 0.3) is 0 Å². The van der Waals surface area contributed by atoms with Gasteiger partial charge in [-0.15, -0.1) is 36.2 Å². The maximum Gasteiger partial charge on any atom is 0.239 e. The molecule has 0 aliphatic carbocycles. The molecule has 1 aliphatic heterocycles. The number of aromatic nitrogens is 1. The van der Waals surface area contributed by atoms with Crippen LogP contribution in [-0.4, -0.2) is 48.0 Å². The van der Waals surface area contributed by atoms with Crippen molar-refractivity contribution in [2.45, 2.75) is 39.7 Å². The molecule has 0 radical (unpaired) electrons. The fourth-order valence-electron chi connectivity index (χ4n) is 2.57. The Kier molecular flexibility index (Phi) is 10.1. The van der Waals surface area contributed by atoms with Crippen LogP contribution in [-0.2, 0) is 11.2 Å². The van der Waals surface area contributed by atoms with Gasteiger partial charge < -0.3 is 15.5 Å². The standard InChI is InChI=1S/C15H26N4OS.2ClH/c1-4-12-10-17-15(21-12)19-7-5-18(6-8-19)14(20)13(16)9-11(2)3;;/h10-11,13H,4-9,16H2,1-3H3;2*1H/t13-;;/m0../s1. The number of amides is 1. The van der Waals surface area contributed by atoms with Gasteiger partial charge >= 0.3 is 0 Å². The smallest absolute Gasteiger partial charge is 0.239 e. The zero-order valence-corrected chi connectivity index (χ0v) is 16.5. The molecule has 1 aliphatic rings. The molecule has 2 rings (SSSR count). The average Bonchev–Trinajstić information content (AvgIpc) is 2.95. The second kappa shape index (κ2) is 10.3. The molecule has 1 aromatic rings. The summed E-state index contributed by atoms with van der Waals surface area (Å²) < 4.78 is 0. The van der Waals surface area contributed by atoms with Gasteiger partial charge in [-0.2, -0.15) is 0 Å². The third-order valence-electron chi connectivity index (χ3n) is 3.79. The highest BCUT2D eigenvalue weighted by molar-refractivity contribution is 7.15. The van der Waals surface area contributed by atoms with E-state index < -0.39 is 0 Å². The normalized spacial score (nSPS) is 15.9. The molecule has 2 heterocycles. The van der Waals surface area contributed by atoms with E-state index in [2.05, 4.69) is 30.7 Å². The molecule has 2 N–H and O–H groups in total. The lowest BCUT2D eigenvalue weighted by Crippen LogP contribution is -2.53. The summed E-state index contributed by atoms with van der Waals surface area (Å²) in [7, 11) is 0. The van der Waals surface area contributed by atoms with Crippen molar-refractivity contribution in [3.8, 4) is 0 Å². The van der Waals surface area contributed by atoms with Crippen LogP contribution in [0, 0.1) is 5.92 Å². The van der Waals surface area contributed by atoms with Gasteiger partial charge in [0.05, 0.1) is 6.04 Å². The molecule has 134 valence electrons. The predicted octanol–water partition coefficient (Wildman–Crippen LogP) is 2.57. The maximum absolute atomic E-state index is 12.3. The number of aryl methyl sites for hydroxylation is 1. The van der Waals surface area contributed by atoms with E-state index >= 15 is 0 Å². The number of thiazole rings is 1. The van der Waals surface area contributed by atoms with Crippen molar-refractivity contribution < 1.29 is 4.79 Å². The van der Waals surface area contributed by atoms with Crippen molar-refractivity contribution >= 4 is 47.2 Å². The second-order valence-corrected chi connectivity index (χ2v) is 7.10. The van der Waals surface area contributed by atoms with Crippen molar-refractivity contribution in [2.24, 2.45) is 11.7 Å². The monoisotopic (exact) mass is 382 g/mol. The van der Waals surface area contributed by atoms with Crippen molar-refractivity contribution in [3.63, 3.8) is 0 Å². The molecule has 1 fully saturated rings. The van der Waals surface area contributed by atoms with Gasteiger partial charge in [-0.1, -0.05) is 20.8 Å². The lowest BCUT2D eigenvalue weighted by Gasteiger charge is -2.36. The third-order valence-corrected chi connectivity index (χ3v) is 5.00. The van der Waals surface area contributed by atoms with Crippen LogP contribution in [0.3, 0.4) is 0 Å². The zero-order valence-electron chi connectivity index (χ0n) is 14.0. The molecule has 1 atom stereocenters. The summed E-state index contributed by atoms with van der Waals surface area (Å²) in [5, 5.41) is 1.07. The SMILES string of the molecule is CCc1cnc(N2CCN(C(=O)[C@@H](N)CC(C)C)CC2)s1.Cl.Cl. The Labute approximate surface area is 155 Å². The number of carbonyl (C=O) groups is 1. The quantitative estimate of drug-likeness (QED) is 0.849. The number of hydrogen-bond donors (Lipinski definition) is 1.